The lowest BCUT2D eigenvalue weighted by Gasteiger charge is -2.23. The standard InChI is InChI=1S/C24H29N3O4S2/c1-15-12-18(31-5)10-11-19(15)21-14-32-22(25-21)20(26-23(28)24(2,3)4)13-16-6-8-17(9-7-16)27-33(29)30/h6-12,14,20,27H,13H2,1-5H3,(H,26,28)(H,29,30)/t20-/m0/s1. The van der Waals surface area contributed by atoms with Crippen LogP contribution in [0.15, 0.2) is 47.8 Å². The molecule has 0 aliphatic carbocycles. The molecule has 33 heavy (non-hydrogen) atoms. The molecular formula is C24H29N3O4S2. The van der Waals surface area contributed by atoms with Crippen LogP contribution in [0.3, 0.4) is 0 Å². The van der Waals surface area contributed by atoms with E-state index in [1.165, 1.54) is 11.3 Å². The van der Waals surface area contributed by atoms with Crippen LogP contribution < -0.4 is 14.8 Å². The van der Waals surface area contributed by atoms with E-state index in [2.05, 4.69) is 10.0 Å². The molecule has 0 aliphatic rings. The maximum Gasteiger partial charge on any atom is 0.259 e. The van der Waals surface area contributed by atoms with Crippen LogP contribution in [0.2, 0.25) is 0 Å². The van der Waals surface area contributed by atoms with Crippen LogP contribution in [0.1, 0.15) is 42.9 Å². The second-order valence-electron chi connectivity index (χ2n) is 8.78. The molecule has 2 aromatic carbocycles. The highest BCUT2D eigenvalue weighted by atomic mass is 32.2. The Morgan fingerprint density at radius 3 is 2.48 bits per heavy atom. The summed E-state index contributed by atoms with van der Waals surface area (Å²) >= 11 is -0.612. The Labute approximate surface area is 201 Å². The number of thiazole rings is 1. The number of methoxy groups -OCH3 is 1. The molecule has 0 saturated carbocycles. The summed E-state index contributed by atoms with van der Waals surface area (Å²) in [5.74, 6) is 0.740. The third-order valence-corrected chi connectivity index (χ3v) is 6.48. The molecule has 7 nitrogen and oxygen atoms in total. The zero-order chi connectivity index (χ0) is 24.2. The molecule has 2 atom stereocenters. The predicted molar refractivity (Wildman–Crippen MR) is 134 cm³/mol. The van der Waals surface area contributed by atoms with Crippen LogP contribution in [0.25, 0.3) is 11.3 Å². The second-order valence-corrected chi connectivity index (χ2v) is 10.4. The Balaban J connectivity index is 1.88. The molecule has 0 fully saturated rings. The van der Waals surface area contributed by atoms with Crippen molar-refractivity contribution in [3.63, 3.8) is 0 Å². The number of carbonyl (C=O) groups excluding carboxylic acids is 1. The number of nitrogens with one attached hydrogen (secondary N) is 2. The Kier molecular flexibility index (Phi) is 7.88. The van der Waals surface area contributed by atoms with Gasteiger partial charge in [0, 0.05) is 22.0 Å². The fraction of sp³-hybridized carbons (Fsp3) is 0.333. The zero-order valence-electron chi connectivity index (χ0n) is 19.3. The molecule has 1 aromatic heterocycles. The third kappa shape index (κ3) is 6.63. The van der Waals surface area contributed by atoms with Crippen molar-refractivity contribution in [3.8, 4) is 17.0 Å². The van der Waals surface area contributed by atoms with E-state index in [0.717, 1.165) is 33.1 Å². The van der Waals surface area contributed by atoms with Crippen molar-refractivity contribution < 1.29 is 18.3 Å². The smallest absolute Gasteiger partial charge is 0.259 e. The number of ether oxygens (including phenoxy) is 1. The van der Waals surface area contributed by atoms with Crippen LogP contribution in [-0.4, -0.2) is 26.8 Å². The maximum atomic E-state index is 12.8. The highest BCUT2D eigenvalue weighted by Crippen LogP contribution is 2.31. The fourth-order valence-corrected chi connectivity index (χ4v) is 4.45. The normalized spacial score (nSPS) is 13.3. The summed E-state index contributed by atoms with van der Waals surface area (Å²) in [6.07, 6.45) is 0.541. The van der Waals surface area contributed by atoms with E-state index in [1.807, 2.05) is 63.4 Å². The first-order valence-electron chi connectivity index (χ1n) is 10.4. The van der Waals surface area contributed by atoms with E-state index in [1.54, 1.807) is 19.2 Å². The van der Waals surface area contributed by atoms with Crippen LogP contribution in [0.4, 0.5) is 5.69 Å². The van der Waals surface area contributed by atoms with Crippen molar-refractivity contribution >= 4 is 34.2 Å². The lowest BCUT2D eigenvalue weighted by molar-refractivity contribution is -0.129. The molecule has 176 valence electrons. The van der Waals surface area contributed by atoms with E-state index in [0.29, 0.717) is 12.1 Å². The molecule has 1 amide bonds. The van der Waals surface area contributed by atoms with Gasteiger partial charge in [-0.05, 0) is 54.8 Å². The summed E-state index contributed by atoms with van der Waals surface area (Å²) in [5, 5.41) is 5.97. The van der Waals surface area contributed by atoms with Crippen molar-refractivity contribution in [1.29, 1.82) is 0 Å². The van der Waals surface area contributed by atoms with Crippen molar-refractivity contribution in [3.05, 3.63) is 64.0 Å². The van der Waals surface area contributed by atoms with Gasteiger partial charge < -0.3 is 10.1 Å². The lowest BCUT2D eigenvalue weighted by atomic mass is 9.94. The first-order valence-corrected chi connectivity index (χ1v) is 12.4. The highest BCUT2D eigenvalue weighted by Gasteiger charge is 2.26. The van der Waals surface area contributed by atoms with Crippen LogP contribution in [0, 0.1) is 12.3 Å². The molecule has 0 spiro atoms. The van der Waals surface area contributed by atoms with Gasteiger partial charge in [-0.15, -0.1) is 11.3 Å². The molecule has 0 aliphatic heterocycles. The monoisotopic (exact) mass is 487 g/mol. The number of hydrogen-bond donors (Lipinski definition) is 3. The maximum absolute atomic E-state index is 12.8. The molecule has 0 saturated heterocycles. The Morgan fingerprint density at radius 2 is 1.91 bits per heavy atom. The quantitative estimate of drug-likeness (QED) is 0.383. The Hall–Kier alpha value is -2.75. The number of benzene rings is 2. The average Bonchev–Trinajstić information content (AvgIpc) is 3.23. The van der Waals surface area contributed by atoms with Crippen LogP contribution in [0.5, 0.6) is 5.75 Å². The van der Waals surface area contributed by atoms with Crippen LogP contribution >= 0.6 is 11.3 Å². The predicted octanol–water partition coefficient (Wildman–Crippen LogP) is 5.12. The molecule has 1 heterocycles. The van der Waals surface area contributed by atoms with Gasteiger partial charge >= 0.3 is 0 Å². The topological polar surface area (TPSA) is 101 Å². The summed E-state index contributed by atoms with van der Waals surface area (Å²) in [4.78, 5) is 17.7. The molecule has 1 unspecified atom stereocenters. The van der Waals surface area contributed by atoms with Gasteiger partial charge in [-0.25, -0.2) is 9.19 Å². The van der Waals surface area contributed by atoms with Gasteiger partial charge in [-0.3, -0.25) is 14.1 Å². The summed E-state index contributed by atoms with van der Waals surface area (Å²) in [6, 6.07) is 12.8. The first kappa shape index (κ1) is 24.9. The van der Waals surface area contributed by atoms with E-state index in [4.69, 9.17) is 14.3 Å². The number of nitrogens with zero attached hydrogens (tertiary/aromatic N) is 1. The zero-order valence-corrected chi connectivity index (χ0v) is 21.0. The number of aryl methyl sites for hydroxylation is 1. The van der Waals surface area contributed by atoms with E-state index < -0.39 is 16.7 Å². The summed E-state index contributed by atoms with van der Waals surface area (Å²) in [7, 11) is 1.64. The lowest BCUT2D eigenvalue weighted by Crippen LogP contribution is -2.38. The van der Waals surface area contributed by atoms with Gasteiger partial charge in [-0.2, -0.15) is 0 Å². The molecule has 0 radical (unpaired) electrons. The van der Waals surface area contributed by atoms with Crippen molar-refractivity contribution in [1.82, 2.24) is 10.3 Å². The molecule has 3 aromatic rings. The number of anilines is 1. The van der Waals surface area contributed by atoms with Gasteiger partial charge in [0.05, 0.1) is 18.8 Å². The van der Waals surface area contributed by atoms with Gasteiger partial charge in [0.1, 0.15) is 10.8 Å². The number of carbonyl (C=O) groups is 1. The largest absolute Gasteiger partial charge is 0.497 e. The van der Waals surface area contributed by atoms with Crippen molar-refractivity contribution in [2.24, 2.45) is 5.41 Å². The van der Waals surface area contributed by atoms with E-state index in [9.17, 15) is 9.00 Å². The number of amides is 1. The molecule has 0 bridgehead atoms. The molecule has 9 heteroatoms. The number of hydrogen-bond acceptors (Lipinski definition) is 5. The minimum Gasteiger partial charge on any atom is -0.497 e. The van der Waals surface area contributed by atoms with E-state index >= 15 is 0 Å². The minimum atomic E-state index is -2.12. The molecule has 3 N–H and O–H groups in total. The van der Waals surface area contributed by atoms with Crippen molar-refractivity contribution in [2.75, 3.05) is 11.8 Å². The Morgan fingerprint density at radius 1 is 1.21 bits per heavy atom. The van der Waals surface area contributed by atoms with Crippen LogP contribution in [-0.2, 0) is 22.5 Å². The second kappa shape index (κ2) is 10.5. The van der Waals surface area contributed by atoms with Gasteiger partial charge in [0.15, 0.2) is 0 Å². The fourth-order valence-electron chi connectivity index (χ4n) is 3.24. The molecular weight excluding hydrogens is 458 g/mol. The first-order chi connectivity index (χ1) is 15.6. The van der Waals surface area contributed by atoms with Gasteiger partial charge in [0.25, 0.3) is 11.3 Å². The number of rotatable bonds is 8. The van der Waals surface area contributed by atoms with Gasteiger partial charge in [-0.1, -0.05) is 32.9 Å². The van der Waals surface area contributed by atoms with Gasteiger partial charge in [0.2, 0.25) is 5.91 Å². The summed E-state index contributed by atoms with van der Waals surface area (Å²) in [5.41, 5.74) is 3.92. The number of aromatic nitrogens is 1. The Bertz CT molecular complexity index is 1140. The van der Waals surface area contributed by atoms with Crippen molar-refractivity contribution in [2.45, 2.75) is 40.2 Å². The average molecular weight is 488 g/mol. The minimum absolute atomic E-state index is 0.0566. The van der Waals surface area contributed by atoms with E-state index in [-0.39, 0.29) is 11.9 Å². The SMILES string of the molecule is COc1ccc(-c2csc([C@H](Cc3ccc(NS(=O)O)cc3)NC(=O)C(C)(C)C)n2)c(C)c1. The summed E-state index contributed by atoms with van der Waals surface area (Å²) < 4.78 is 27.7. The third-order valence-electron chi connectivity index (χ3n) is 5.12. The molecule has 3 rings (SSSR count). The summed E-state index contributed by atoms with van der Waals surface area (Å²) in [6.45, 7) is 7.65. The highest BCUT2D eigenvalue weighted by molar-refractivity contribution is 7.80.